The van der Waals surface area contributed by atoms with Gasteiger partial charge in [0.05, 0.1) is 18.3 Å². The van der Waals surface area contributed by atoms with Crippen LogP contribution in [0.2, 0.25) is 0 Å². The summed E-state index contributed by atoms with van der Waals surface area (Å²) in [4.78, 5) is 18.5. The number of hydrogen-bond donors (Lipinski definition) is 6. The van der Waals surface area contributed by atoms with Crippen molar-refractivity contribution in [3.63, 3.8) is 0 Å². The molecule has 2 unspecified atom stereocenters. The van der Waals surface area contributed by atoms with Crippen LogP contribution < -0.4 is 11.3 Å². The van der Waals surface area contributed by atoms with Crippen molar-refractivity contribution in [1.82, 2.24) is 14.5 Å². The minimum Gasteiger partial charge on any atom is -0.394 e. The van der Waals surface area contributed by atoms with Crippen molar-refractivity contribution < 1.29 is 20.1 Å². The number of nitrogens with two attached hydrogens (primary N) is 1. The van der Waals surface area contributed by atoms with E-state index in [1.54, 1.807) is 0 Å². The Bertz CT molecular complexity index is 826. The third-order valence-electron chi connectivity index (χ3n) is 4.09. The average molecular weight is 323 g/mol. The molecule has 4 atom stereocenters. The van der Waals surface area contributed by atoms with Crippen LogP contribution >= 0.6 is 0 Å². The molecule has 10 nitrogen and oxygen atoms in total. The van der Waals surface area contributed by atoms with Crippen LogP contribution in [-0.2, 0) is 4.74 Å². The number of nitrogens with one attached hydrogen (secondary N) is 2. The standard InChI is InChI=1S/C13H17N5O5/c1-13(22)8(20)6(3-19)23-12(13)18-2-5(9(14)15)7-10(18)16-4-17-11(7)21/h2,4,6,8,12,19-20,22H,3H2,1H3,(H3,14,15)(H,16,17,21)/t6?,8-,12?,13-/m1/s1. The number of nitrogen functional groups attached to an aromatic ring is 1. The summed E-state index contributed by atoms with van der Waals surface area (Å²) >= 11 is 0. The molecule has 0 aliphatic carbocycles. The monoisotopic (exact) mass is 323 g/mol. The molecule has 3 rings (SSSR count). The van der Waals surface area contributed by atoms with Gasteiger partial charge in [0.25, 0.3) is 5.56 Å². The highest BCUT2D eigenvalue weighted by atomic mass is 16.6. The van der Waals surface area contributed by atoms with E-state index < -0.39 is 36.2 Å². The lowest BCUT2D eigenvalue weighted by Gasteiger charge is -2.27. The third kappa shape index (κ3) is 2.15. The van der Waals surface area contributed by atoms with Crippen molar-refractivity contribution in [3.8, 4) is 0 Å². The first kappa shape index (κ1) is 15.6. The number of aromatic amines is 1. The van der Waals surface area contributed by atoms with Crippen LogP contribution in [0.4, 0.5) is 0 Å². The zero-order chi connectivity index (χ0) is 16.9. The molecule has 0 amide bonds. The molecule has 1 fully saturated rings. The fourth-order valence-corrected chi connectivity index (χ4v) is 2.87. The molecule has 124 valence electrons. The molecule has 0 bridgehead atoms. The Morgan fingerprint density at radius 3 is 2.91 bits per heavy atom. The highest BCUT2D eigenvalue weighted by Crippen LogP contribution is 2.39. The Morgan fingerprint density at radius 1 is 1.65 bits per heavy atom. The van der Waals surface area contributed by atoms with Gasteiger partial charge >= 0.3 is 0 Å². The fraction of sp³-hybridized carbons (Fsp3) is 0.462. The largest absolute Gasteiger partial charge is 0.394 e. The summed E-state index contributed by atoms with van der Waals surface area (Å²) in [5, 5.41) is 37.6. The zero-order valence-corrected chi connectivity index (χ0v) is 12.2. The Labute approximate surface area is 129 Å². The molecule has 2 aromatic heterocycles. The van der Waals surface area contributed by atoms with E-state index in [9.17, 15) is 20.1 Å². The maximum absolute atomic E-state index is 12.0. The van der Waals surface area contributed by atoms with E-state index in [1.165, 1.54) is 24.0 Å². The Balaban J connectivity index is 2.24. The maximum Gasteiger partial charge on any atom is 0.260 e. The van der Waals surface area contributed by atoms with Crippen LogP contribution in [0.5, 0.6) is 0 Å². The molecule has 1 aliphatic rings. The van der Waals surface area contributed by atoms with Gasteiger partial charge in [0.15, 0.2) is 6.23 Å². The number of aromatic nitrogens is 3. The van der Waals surface area contributed by atoms with Gasteiger partial charge in [0.1, 0.15) is 29.3 Å². The average Bonchev–Trinajstić information content (AvgIpc) is 2.97. The van der Waals surface area contributed by atoms with E-state index in [2.05, 4.69) is 9.97 Å². The van der Waals surface area contributed by atoms with Gasteiger partial charge in [-0.2, -0.15) is 0 Å². The minimum atomic E-state index is -1.74. The topological polar surface area (TPSA) is 170 Å². The number of hydrogen-bond acceptors (Lipinski definition) is 7. The number of aliphatic hydroxyl groups excluding tert-OH is 2. The van der Waals surface area contributed by atoms with E-state index in [1.807, 2.05) is 0 Å². The number of rotatable bonds is 3. The predicted molar refractivity (Wildman–Crippen MR) is 79.0 cm³/mol. The summed E-state index contributed by atoms with van der Waals surface area (Å²) in [7, 11) is 0. The van der Waals surface area contributed by atoms with Gasteiger partial charge < -0.3 is 35.3 Å². The number of H-pyrrole nitrogens is 1. The van der Waals surface area contributed by atoms with E-state index in [-0.39, 0.29) is 22.4 Å². The van der Waals surface area contributed by atoms with Crippen molar-refractivity contribution in [1.29, 1.82) is 5.41 Å². The van der Waals surface area contributed by atoms with Crippen LogP contribution in [0.3, 0.4) is 0 Å². The molecule has 23 heavy (non-hydrogen) atoms. The number of aliphatic hydroxyl groups is 3. The van der Waals surface area contributed by atoms with Crippen LogP contribution in [0.1, 0.15) is 18.7 Å². The highest BCUT2D eigenvalue weighted by molar-refractivity contribution is 6.06. The van der Waals surface area contributed by atoms with Crippen LogP contribution in [0, 0.1) is 5.41 Å². The molecule has 7 N–H and O–H groups in total. The number of amidine groups is 1. The first-order valence-electron chi connectivity index (χ1n) is 6.88. The summed E-state index contributed by atoms with van der Waals surface area (Å²) in [6.45, 7) is 0.866. The molecule has 0 radical (unpaired) electrons. The van der Waals surface area contributed by atoms with Gasteiger partial charge in [-0.1, -0.05) is 0 Å². The normalized spacial score (nSPS) is 30.9. The summed E-state index contributed by atoms with van der Waals surface area (Å²) in [6, 6.07) is 0. The van der Waals surface area contributed by atoms with E-state index in [0.29, 0.717) is 0 Å². The van der Waals surface area contributed by atoms with Crippen molar-refractivity contribution in [3.05, 3.63) is 28.4 Å². The first-order chi connectivity index (χ1) is 10.8. The van der Waals surface area contributed by atoms with Crippen molar-refractivity contribution >= 4 is 16.9 Å². The smallest absolute Gasteiger partial charge is 0.260 e. The van der Waals surface area contributed by atoms with Crippen molar-refractivity contribution in [2.45, 2.75) is 31.0 Å². The SMILES string of the molecule is C[C@]1(O)C(n2cc(C(=N)N)c3c(=O)[nH]cnc32)OC(CO)[C@H]1O. The van der Waals surface area contributed by atoms with Gasteiger partial charge in [-0.05, 0) is 6.92 Å². The van der Waals surface area contributed by atoms with Crippen LogP contribution in [0.15, 0.2) is 17.3 Å². The summed E-state index contributed by atoms with van der Waals surface area (Å²) in [5.41, 5.74) is 3.56. The molecule has 1 aliphatic heterocycles. The Morgan fingerprint density at radius 2 is 2.35 bits per heavy atom. The quantitative estimate of drug-likeness (QED) is 0.280. The van der Waals surface area contributed by atoms with Gasteiger partial charge in [-0.3, -0.25) is 10.2 Å². The second-order valence-electron chi connectivity index (χ2n) is 5.67. The summed E-state index contributed by atoms with van der Waals surface area (Å²) in [5.74, 6) is -0.343. The number of fused-ring (bicyclic) bond motifs is 1. The molecule has 0 aromatic carbocycles. The predicted octanol–water partition coefficient (Wildman–Crippen LogP) is -1.99. The molecule has 0 saturated carbocycles. The lowest BCUT2D eigenvalue weighted by Crippen LogP contribution is -2.44. The van der Waals surface area contributed by atoms with Crippen molar-refractivity contribution in [2.24, 2.45) is 5.73 Å². The van der Waals surface area contributed by atoms with Crippen LogP contribution in [0.25, 0.3) is 11.0 Å². The molecule has 2 aromatic rings. The van der Waals surface area contributed by atoms with E-state index in [4.69, 9.17) is 15.9 Å². The lowest BCUT2D eigenvalue weighted by molar-refractivity contribution is -0.0948. The third-order valence-corrected chi connectivity index (χ3v) is 4.09. The maximum atomic E-state index is 12.0. The molecular weight excluding hydrogens is 306 g/mol. The molecular formula is C13H17N5O5. The van der Waals surface area contributed by atoms with Crippen LogP contribution in [-0.4, -0.2) is 60.1 Å². The Kier molecular flexibility index (Phi) is 3.48. The first-order valence-corrected chi connectivity index (χ1v) is 6.88. The fourth-order valence-electron chi connectivity index (χ4n) is 2.87. The number of nitrogens with zero attached hydrogens (tertiary/aromatic N) is 2. The van der Waals surface area contributed by atoms with Gasteiger partial charge in [-0.15, -0.1) is 0 Å². The van der Waals surface area contributed by atoms with E-state index >= 15 is 0 Å². The minimum absolute atomic E-state index is 0.0846. The Hall–Kier alpha value is -2.27. The second kappa shape index (κ2) is 5.13. The zero-order valence-electron chi connectivity index (χ0n) is 12.2. The lowest BCUT2D eigenvalue weighted by atomic mass is 9.96. The summed E-state index contributed by atoms with van der Waals surface area (Å²) < 4.78 is 6.85. The number of ether oxygens (including phenoxy) is 1. The highest BCUT2D eigenvalue weighted by Gasteiger charge is 2.53. The molecule has 10 heteroatoms. The van der Waals surface area contributed by atoms with E-state index in [0.717, 1.165) is 0 Å². The molecule has 1 saturated heterocycles. The molecule has 0 spiro atoms. The van der Waals surface area contributed by atoms with Gasteiger partial charge in [0.2, 0.25) is 0 Å². The van der Waals surface area contributed by atoms with Crippen molar-refractivity contribution in [2.75, 3.05) is 6.61 Å². The second-order valence-corrected chi connectivity index (χ2v) is 5.67. The van der Waals surface area contributed by atoms with Gasteiger partial charge in [0, 0.05) is 11.8 Å². The van der Waals surface area contributed by atoms with Gasteiger partial charge in [-0.25, -0.2) is 4.98 Å². The summed E-state index contributed by atoms with van der Waals surface area (Å²) in [6.07, 6.45) is -0.900. The molecule has 3 heterocycles.